The van der Waals surface area contributed by atoms with Crippen molar-refractivity contribution in [3.63, 3.8) is 0 Å². The Kier molecular flexibility index (Phi) is 5.39. The van der Waals surface area contributed by atoms with Crippen LogP contribution in [-0.2, 0) is 6.42 Å². The number of anilines is 2. The van der Waals surface area contributed by atoms with Crippen LogP contribution in [0.15, 0.2) is 30.3 Å². The number of benzene rings is 1. The van der Waals surface area contributed by atoms with Gasteiger partial charge in [0.15, 0.2) is 0 Å². The maximum absolute atomic E-state index is 6.02. The van der Waals surface area contributed by atoms with Crippen LogP contribution in [0.5, 0.6) is 5.75 Å². The third-order valence-electron chi connectivity index (χ3n) is 2.71. The lowest BCUT2D eigenvalue weighted by Gasteiger charge is -2.11. The van der Waals surface area contributed by atoms with Crippen molar-refractivity contribution < 1.29 is 4.74 Å². The Balaban J connectivity index is 2.10. The summed E-state index contributed by atoms with van der Waals surface area (Å²) < 4.78 is 5.62. The molecule has 1 N–H and O–H groups in total. The number of nitrogens with one attached hydrogen (secondary N) is 1. The molecule has 0 aliphatic carbocycles. The number of aryl methyl sites for hydroxylation is 1. The van der Waals surface area contributed by atoms with Crippen molar-refractivity contribution in [2.24, 2.45) is 0 Å². The molecule has 0 radical (unpaired) electrons. The van der Waals surface area contributed by atoms with Gasteiger partial charge in [0, 0.05) is 18.2 Å². The Labute approximate surface area is 130 Å². The molecule has 1 heterocycles. The highest BCUT2D eigenvalue weighted by Gasteiger charge is 2.04. The van der Waals surface area contributed by atoms with Gasteiger partial charge in [-0.25, -0.2) is 9.97 Å². The molecule has 0 amide bonds. The van der Waals surface area contributed by atoms with Crippen molar-refractivity contribution in [2.75, 3.05) is 5.32 Å². The van der Waals surface area contributed by atoms with E-state index in [9.17, 15) is 0 Å². The molecule has 21 heavy (non-hydrogen) atoms. The first-order valence-corrected chi connectivity index (χ1v) is 7.52. The highest BCUT2D eigenvalue weighted by Crippen LogP contribution is 2.21. The van der Waals surface area contributed by atoms with Gasteiger partial charge in [-0.15, -0.1) is 0 Å². The summed E-state index contributed by atoms with van der Waals surface area (Å²) in [5.41, 5.74) is 0.934. The van der Waals surface area contributed by atoms with Gasteiger partial charge in [0.05, 0.1) is 6.10 Å². The Hall–Kier alpha value is -1.81. The monoisotopic (exact) mass is 305 g/mol. The van der Waals surface area contributed by atoms with Gasteiger partial charge in [-0.2, -0.15) is 0 Å². The van der Waals surface area contributed by atoms with E-state index in [0.29, 0.717) is 11.0 Å². The van der Waals surface area contributed by atoms with Gasteiger partial charge in [-0.05, 0) is 44.5 Å². The first kappa shape index (κ1) is 15.6. The number of rotatable bonds is 6. The first-order valence-electron chi connectivity index (χ1n) is 7.14. The molecule has 1 aromatic carbocycles. The minimum atomic E-state index is 0.168. The quantitative estimate of drug-likeness (QED) is 0.791. The Morgan fingerprint density at radius 2 is 1.90 bits per heavy atom. The molecule has 0 aliphatic heterocycles. The van der Waals surface area contributed by atoms with Gasteiger partial charge in [-0.3, -0.25) is 0 Å². The van der Waals surface area contributed by atoms with E-state index in [4.69, 9.17) is 16.3 Å². The molecule has 2 aromatic rings. The number of halogens is 1. The number of hydrogen-bond acceptors (Lipinski definition) is 4. The summed E-state index contributed by atoms with van der Waals surface area (Å²) in [5, 5.41) is 3.69. The third-order valence-corrected chi connectivity index (χ3v) is 2.91. The average molecular weight is 306 g/mol. The van der Waals surface area contributed by atoms with Gasteiger partial charge < -0.3 is 10.1 Å². The number of hydrogen-bond donors (Lipinski definition) is 1. The zero-order valence-electron chi connectivity index (χ0n) is 12.6. The van der Waals surface area contributed by atoms with Gasteiger partial charge >= 0.3 is 0 Å². The molecule has 0 spiro atoms. The van der Waals surface area contributed by atoms with E-state index >= 15 is 0 Å². The van der Waals surface area contributed by atoms with Gasteiger partial charge in [0.2, 0.25) is 0 Å². The van der Waals surface area contributed by atoms with Gasteiger partial charge in [0.1, 0.15) is 22.5 Å². The van der Waals surface area contributed by atoms with E-state index in [1.54, 1.807) is 6.07 Å². The lowest BCUT2D eigenvalue weighted by atomic mass is 10.3. The van der Waals surface area contributed by atoms with Crippen molar-refractivity contribution in [2.45, 2.75) is 39.7 Å². The van der Waals surface area contributed by atoms with Crippen molar-refractivity contribution in [1.29, 1.82) is 0 Å². The Morgan fingerprint density at radius 3 is 2.52 bits per heavy atom. The molecule has 4 nitrogen and oxygen atoms in total. The van der Waals surface area contributed by atoms with E-state index in [1.807, 2.05) is 38.1 Å². The summed E-state index contributed by atoms with van der Waals surface area (Å²) in [5.74, 6) is 2.31. The highest BCUT2D eigenvalue weighted by molar-refractivity contribution is 6.29. The second-order valence-corrected chi connectivity index (χ2v) is 5.45. The number of ether oxygens (including phenoxy) is 1. The standard InChI is InChI=1S/C16H20ClN3O/c1-4-5-15-19-14(17)10-16(20-15)18-12-6-8-13(9-7-12)21-11(2)3/h6-11H,4-5H2,1-3H3,(H,18,19,20). The molecule has 0 atom stereocenters. The molecular weight excluding hydrogens is 286 g/mol. The lowest BCUT2D eigenvalue weighted by Crippen LogP contribution is -2.05. The summed E-state index contributed by atoms with van der Waals surface area (Å²) in [4.78, 5) is 8.66. The maximum Gasteiger partial charge on any atom is 0.135 e. The minimum absolute atomic E-state index is 0.168. The molecule has 0 fully saturated rings. The minimum Gasteiger partial charge on any atom is -0.491 e. The van der Waals surface area contributed by atoms with Crippen molar-refractivity contribution in [1.82, 2.24) is 9.97 Å². The van der Waals surface area contributed by atoms with E-state index in [-0.39, 0.29) is 6.10 Å². The van der Waals surface area contributed by atoms with Crippen LogP contribution in [0.2, 0.25) is 5.15 Å². The molecular formula is C16H20ClN3O. The summed E-state index contributed by atoms with van der Waals surface area (Å²) in [6.07, 6.45) is 1.97. The Morgan fingerprint density at radius 1 is 1.19 bits per heavy atom. The van der Waals surface area contributed by atoms with Crippen LogP contribution >= 0.6 is 11.6 Å². The summed E-state index contributed by atoms with van der Waals surface area (Å²) in [6.45, 7) is 6.10. The molecule has 5 heteroatoms. The van der Waals surface area contributed by atoms with Crippen LogP contribution in [0.1, 0.15) is 33.0 Å². The zero-order chi connectivity index (χ0) is 15.2. The van der Waals surface area contributed by atoms with Crippen molar-refractivity contribution >= 4 is 23.1 Å². The highest BCUT2D eigenvalue weighted by atomic mass is 35.5. The van der Waals surface area contributed by atoms with Crippen LogP contribution in [0.3, 0.4) is 0 Å². The van der Waals surface area contributed by atoms with Crippen LogP contribution < -0.4 is 10.1 Å². The fourth-order valence-corrected chi connectivity index (χ4v) is 2.10. The molecule has 0 bridgehead atoms. The van der Waals surface area contributed by atoms with Crippen LogP contribution in [-0.4, -0.2) is 16.1 Å². The topological polar surface area (TPSA) is 47.0 Å². The second-order valence-electron chi connectivity index (χ2n) is 5.06. The molecule has 0 saturated heterocycles. The molecule has 112 valence electrons. The first-order chi connectivity index (χ1) is 10.1. The van der Waals surface area contributed by atoms with Gasteiger partial charge in [-0.1, -0.05) is 18.5 Å². The van der Waals surface area contributed by atoms with E-state index < -0.39 is 0 Å². The average Bonchev–Trinajstić information content (AvgIpc) is 2.40. The third kappa shape index (κ3) is 4.90. The van der Waals surface area contributed by atoms with E-state index in [1.165, 1.54) is 0 Å². The molecule has 0 aliphatic rings. The molecule has 0 saturated carbocycles. The number of aromatic nitrogens is 2. The summed E-state index contributed by atoms with van der Waals surface area (Å²) >= 11 is 6.02. The van der Waals surface area contributed by atoms with E-state index in [0.717, 1.165) is 30.1 Å². The summed E-state index contributed by atoms with van der Waals surface area (Å²) in [7, 11) is 0. The number of nitrogens with zero attached hydrogens (tertiary/aromatic N) is 2. The normalized spacial score (nSPS) is 10.7. The fraction of sp³-hybridized carbons (Fsp3) is 0.375. The SMILES string of the molecule is CCCc1nc(Cl)cc(Nc2ccc(OC(C)C)cc2)n1. The smallest absolute Gasteiger partial charge is 0.135 e. The van der Waals surface area contributed by atoms with Gasteiger partial charge in [0.25, 0.3) is 0 Å². The largest absolute Gasteiger partial charge is 0.491 e. The molecule has 1 aromatic heterocycles. The molecule has 2 rings (SSSR count). The predicted molar refractivity (Wildman–Crippen MR) is 86.5 cm³/mol. The van der Waals surface area contributed by atoms with Crippen LogP contribution in [0.4, 0.5) is 11.5 Å². The fourth-order valence-electron chi connectivity index (χ4n) is 1.90. The lowest BCUT2D eigenvalue weighted by molar-refractivity contribution is 0.242. The van der Waals surface area contributed by atoms with Crippen LogP contribution in [0, 0.1) is 0 Å². The zero-order valence-corrected chi connectivity index (χ0v) is 13.3. The van der Waals surface area contributed by atoms with Crippen molar-refractivity contribution in [3.8, 4) is 5.75 Å². The van der Waals surface area contributed by atoms with E-state index in [2.05, 4.69) is 22.2 Å². The Bertz CT molecular complexity index is 585. The predicted octanol–water partition coefficient (Wildman–Crippen LogP) is 4.61. The maximum atomic E-state index is 6.02. The van der Waals surface area contributed by atoms with Crippen LogP contribution in [0.25, 0.3) is 0 Å². The van der Waals surface area contributed by atoms with Crippen molar-refractivity contribution in [3.05, 3.63) is 41.3 Å². The molecule has 0 unspecified atom stereocenters. The summed E-state index contributed by atoms with van der Waals surface area (Å²) in [6, 6.07) is 9.48. The second kappa shape index (κ2) is 7.27.